The van der Waals surface area contributed by atoms with Gasteiger partial charge in [0.05, 0.1) is 11.9 Å². The van der Waals surface area contributed by atoms with E-state index in [0.29, 0.717) is 27.5 Å². The van der Waals surface area contributed by atoms with Crippen LogP contribution in [0.25, 0.3) is 22.2 Å². The summed E-state index contributed by atoms with van der Waals surface area (Å²) < 4.78 is 30.1. The van der Waals surface area contributed by atoms with Gasteiger partial charge in [-0.2, -0.15) is 0 Å². The highest BCUT2D eigenvalue weighted by atomic mass is 32.2. The van der Waals surface area contributed by atoms with Crippen molar-refractivity contribution in [3.63, 3.8) is 0 Å². The summed E-state index contributed by atoms with van der Waals surface area (Å²) >= 11 is 1.20. The monoisotopic (exact) mass is 441 g/mol. The van der Waals surface area contributed by atoms with E-state index in [1.807, 2.05) is 0 Å². The summed E-state index contributed by atoms with van der Waals surface area (Å²) in [4.78, 5) is 29.0. The molecule has 2 N–H and O–H groups in total. The molecule has 0 aliphatic heterocycles. The highest BCUT2D eigenvalue weighted by Crippen LogP contribution is 2.26. The summed E-state index contributed by atoms with van der Waals surface area (Å²) in [5.41, 5.74) is 1.36. The minimum atomic E-state index is -3.35. The maximum Gasteiger partial charge on any atom is 0.349 e. The third-order valence-electron chi connectivity index (χ3n) is 4.09. The quantitative estimate of drug-likeness (QED) is 0.457. The van der Waals surface area contributed by atoms with Gasteiger partial charge >= 0.3 is 5.63 Å². The van der Waals surface area contributed by atoms with Crippen molar-refractivity contribution in [2.24, 2.45) is 0 Å². The number of hydrogen-bond acceptors (Lipinski definition) is 7. The number of amides is 1. The molecule has 0 fully saturated rings. The smallest absolute Gasteiger partial charge is 0.349 e. The van der Waals surface area contributed by atoms with E-state index >= 15 is 0 Å². The topological polar surface area (TPSA) is 118 Å². The van der Waals surface area contributed by atoms with Crippen molar-refractivity contribution in [3.8, 4) is 11.3 Å². The third-order valence-corrected chi connectivity index (χ3v) is 5.46. The molecule has 1 amide bonds. The van der Waals surface area contributed by atoms with Gasteiger partial charge in [0, 0.05) is 22.0 Å². The Morgan fingerprint density at radius 3 is 2.57 bits per heavy atom. The second-order valence-corrected chi connectivity index (χ2v) is 9.04. The van der Waals surface area contributed by atoms with Crippen LogP contribution in [0.4, 0.5) is 10.8 Å². The molecule has 8 nitrogen and oxygen atoms in total. The van der Waals surface area contributed by atoms with Crippen LogP contribution in [0.2, 0.25) is 0 Å². The molecule has 0 radical (unpaired) electrons. The highest BCUT2D eigenvalue weighted by Gasteiger charge is 2.16. The van der Waals surface area contributed by atoms with E-state index in [9.17, 15) is 18.0 Å². The third kappa shape index (κ3) is 4.39. The number of nitrogens with zero attached hydrogens (tertiary/aromatic N) is 1. The standard InChI is InChI=1S/C20H15N3O5S2/c1-30(26,27)23-14-8-6-12(7-9-14)16-11-29-20(21-16)22-18(24)15-10-13-4-2-3-5-17(13)28-19(15)25/h2-11,23H,1H3,(H,21,22,24). The van der Waals surface area contributed by atoms with E-state index in [4.69, 9.17) is 4.42 Å². The van der Waals surface area contributed by atoms with Crippen molar-refractivity contribution < 1.29 is 17.6 Å². The van der Waals surface area contributed by atoms with Crippen molar-refractivity contribution in [3.05, 3.63) is 76.0 Å². The number of para-hydroxylation sites is 1. The van der Waals surface area contributed by atoms with E-state index < -0.39 is 21.6 Å². The van der Waals surface area contributed by atoms with E-state index in [1.165, 1.54) is 17.4 Å². The number of carbonyl (C=O) groups excluding carboxylic acids is 1. The Hall–Kier alpha value is -3.50. The molecule has 0 atom stereocenters. The zero-order valence-corrected chi connectivity index (χ0v) is 17.2. The summed E-state index contributed by atoms with van der Waals surface area (Å²) in [5, 5.41) is 5.32. The molecule has 2 aromatic carbocycles. The van der Waals surface area contributed by atoms with E-state index in [1.54, 1.807) is 53.9 Å². The Bertz CT molecular complexity index is 1410. The van der Waals surface area contributed by atoms with Crippen LogP contribution in [0.3, 0.4) is 0 Å². The summed E-state index contributed by atoms with van der Waals surface area (Å²) in [7, 11) is -3.35. The van der Waals surface area contributed by atoms with Crippen molar-refractivity contribution >= 4 is 49.1 Å². The number of rotatable bonds is 5. The Morgan fingerprint density at radius 1 is 1.10 bits per heavy atom. The van der Waals surface area contributed by atoms with Gasteiger partial charge in [0.1, 0.15) is 11.1 Å². The fraction of sp³-hybridized carbons (Fsp3) is 0.0500. The van der Waals surface area contributed by atoms with Gasteiger partial charge in [-0.1, -0.05) is 30.3 Å². The van der Waals surface area contributed by atoms with E-state index in [2.05, 4.69) is 15.0 Å². The maximum atomic E-state index is 12.5. The fourth-order valence-corrected chi connectivity index (χ4v) is 4.05. The molecule has 0 aliphatic rings. The predicted molar refractivity (Wildman–Crippen MR) is 116 cm³/mol. The number of sulfonamides is 1. The first-order chi connectivity index (χ1) is 14.3. The molecule has 0 aliphatic carbocycles. The largest absolute Gasteiger partial charge is 0.422 e. The second kappa shape index (κ2) is 7.73. The maximum absolute atomic E-state index is 12.5. The minimum Gasteiger partial charge on any atom is -0.422 e. The van der Waals surface area contributed by atoms with E-state index in [-0.39, 0.29) is 5.56 Å². The average Bonchev–Trinajstić information content (AvgIpc) is 3.15. The predicted octanol–water partition coefficient (Wildman–Crippen LogP) is 3.54. The lowest BCUT2D eigenvalue weighted by Gasteiger charge is -2.04. The van der Waals surface area contributed by atoms with Crippen LogP contribution >= 0.6 is 11.3 Å². The zero-order valence-electron chi connectivity index (χ0n) is 15.6. The molecule has 2 heterocycles. The SMILES string of the molecule is CS(=O)(=O)Nc1ccc(-c2csc(NC(=O)c3cc4ccccc4oc3=O)n2)cc1. The van der Waals surface area contributed by atoms with Crippen LogP contribution in [0.15, 0.2) is 69.2 Å². The first kappa shape index (κ1) is 19.8. The molecule has 4 aromatic rings. The molecule has 0 unspecified atom stereocenters. The number of thiazole rings is 1. The molecule has 2 aromatic heterocycles. The normalized spacial score (nSPS) is 11.4. The summed E-state index contributed by atoms with van der Waals surface area (Å²) in [5.74, 6) is -0.608. The molecule has 0 saturated carbocycles. The van der Waals surface area contributed by atoms with Crippen LogP contribution < -0.4 is 15.7 Å². The summed E-state index contributed by atoms with van der Waals surface area (Å²) in [6.45, 7) is 0. The van der Waals surface area contributed by atoms with Crippen LogP contribution in [-0.2, 0) is 10.0 Å². The first-order valence-corrected chi connectivity index (χ1v) is 11.4. The van der Waals surface area contributed by atoms with E-state index in [0.717, 1.165) is 11.8 Å². The average molecular weight is 441 g/mol. The zero-order chi connectivity index (χ0) is 21.3. The number of aromatic nitrogens is 1. The minimum absolute atomic E-state index is 0.110. The Morgan fingerprint density at radius 2 is 1.83 bits per heavy atom. The van der Waals surface area contributed by atoms with Gasteiger partial charge < -0.3 is 4.42 Å². The van der Waals surface area contributed by atoms with Gasteiger partial charge in [-0.3, -0.25) is 14.8 Å². The van der Waals surface area contributed by atoms with Gasteiger partial charge in [0.2, 0.25) is 10.0 Å². The molecule has 10 heteroatoms. The van der Waals surface area contributed by atoms with Crippen molar-refractivity contribution in [1.82, 2.24) is 4.98 Å². The molecule has 0 saturated heterocycles. The number of fused-ring (bicyclic) bond motifs is 1. The number of benzene rings is 2. The molecular weight excluding hydrogens is 426 g/mol. The number of hydrogen-bond donors (Lipinski definition) is 2. The molecule has 152 valence electrons. The van der Waals surface area contributed by atoms with Crippen molar-refractivity contribution in [2.75, 3.05) is 16.3 Å². The van der Waals surface area contributed by atoms with Gasteiger partial charge in [-0.25, -0.2) is 18.2 Å². The lowest BCUT2D eigenvalue weighted by molar-refractivity contribution is 0.102. The Kier molecular flexibility index (Phi) is 5.10. The lowest BCUT2D eigenvalue weighted by Crippen LogP contribution is -2.20. The lowest BCUT2D eigenvalue weighted by atomic mass is 10.1. The number of anilines is 2. The fourth-order valence-electron chi connectivity index (χ4n) is 2.77. The molecule has 0 bridgehead atoms. The first-order valence-electron chi connectivity index (χ1n) is 8.66. The Balaban J connectivity index is 1.53. The van der Waals surface area contributed by atoms with Gasteiger partial charge in [0.15, 0.2) is 5.13 Å². The summed E-state index contributed by atoms with van der Waals surface area (Å²) in [6.07, 6.45) is 1.08. The van der Waals surface area contributed by atoms with Gasteiger partial charge in [0.25, 0.3) is 5.91 Å². The van der Waals surface area contributed by atoms with Gasteiger partial charge in [-0.05, 0) is 24.3 Å². The molecular formula is C20H15N3O5S2. The highest BCUT2D eigenvalue weighted by molar-refractivity contribution is 7.92. The molecule has 4 rings (SSSR count). The van der Waals surface area contributed by atoms with Crippen molar-refractivity contribution in [1.29, 1.82) is 0 Å². The number of carbonyl (C=O) groups is 1. The molecule has 0 spiro atoms. The Labute approximate surface area is 175 Å². The molecule has 30 heavy (non-hydrogen) atoms. The van der Waals surface area contributed by atoms with Crippen molar-refractivity contribution in [2.45, 2.75) is 0 Å². The van der Waals surface area contributed by atoms with Crippen LogP contribution in [-0.4, -0.2) is 25.6 Å². The number of nitrogens with one attached hydrogen (secondary N) is 2. The van der Waals surface area contributed by atoms with Crippen LogP contribution in [0.1, 0.15) is 10.4 Å². The second-order valence-electron chi connectivity index (χ2n) is 6.43. The van der Waals surface area contributed by atoms with Crippen LogP contribution in [0, 0.1) is 0 Å². The van der Waals surface area contributed by atoms with Gasteiger partial charge in [-0.15, -0.1) is 11.3 Å². The summed E-state index contributed by atoms with van der Waals surface area (Å²) in [6, 6.07) is 15.1. The van der Waals surface area contributed by atoms with Crippen LogP contribution in [0.5, 0.6) is 0 Å².